The van der Waals surface area contributed by atoms with Crippen LogP contribution < -0.4 is 14.7 Å². The van der Waals surface area contributed by atoms with Crippen molar-refractivity contribution in [2.45, 2.75) is 13.2 Å². The van der Waals surface area contributed by atoms with Crippen molar-refractivity contribution in [1.29, 1.82) is 0 Å². The average Bonchev–Trinajstić information content (AvgIpc) is 3.28. The third kappa shape index (κ3) is 3.18. The van der Waals surface area contributed by atoms with Gasteiger partial charge in [-0.3, -0.25) is 13.9 Å². The van der Waals surface area contributed by atoms with Crippen LogP contribution in [0.4, 0.5) is 0 Å². The van der Waals surface area contributed by atoms with Gasteiger partial charge in [-0.25, -0.2) is 0 Å². The van der Waals surface area contributed by atoms with Crippen molar-refractivity contribution >= 4 is 0 Å². The highest BCUT2D eigenvalue weighted by Gasteiger charge is 2.40. The largest absolute Gasteiger partial charge is 0.359 e. The Morgan fingerprint density at radius 1 is 0.750 bits per heavy atom. The number of hydrogen-bond donors (Lipinski definition) is 0. The molecule has 0 aromatic carbocycles. The summed E-state index contributed by atoms with van der Waals surface area (Å²) in [6.07, 6.45) is 0. The molecule has 0 N–H and O–H groups in total. The van der Waals surface area contributed by atoms with Crippen molar-refractivity contribution < 1.29 is 48.4 Å². The number of aromatic nitrogens is 6. The molecule has 148 valence electrons. The molecule has 28 heavy (non-hydrogen) atoms. The first-order chi connectivity index (χ1) is 13.3. The van der Waals surface area contributed by atoms with E-state index in [1.54, 1.807) is 0 Å². The monoisotopic (exact) mass is 404 g/mol. The van der Waals surface area contributed by atoms with Crippen LogP contribution in [0.2, 0.25) is 0 Å². The Balaban J connectivity index is 2.08. The molecule has 20 heteroatoms. The minimum absolute atomic E-state index is 0.264. The van der Waals surface area contributed by atoms with Crippen LogP contribution in [0.3, 0.4) is 0 Å². The minimum atomic E-state index is -1.22. The predicted octanol–water partition coefficient (Wildman–Crippen LogP) is -2.70. The third-order valence-electron chi connectivity index (χ3n) is 3.08. The van der Waals surface area contributed by atoms with Gasteiger partial charge >= 0.3 is 17.1 Å². The van der Waals surface area contributed by atoms with Gasteiger partial charge in [0.25, 0.3) is 15.9 Å². The zero-order valence-corrected chi connectivity index (χ0v) is 12.9. The molecule has 0 unspecified atom stereocenters. The van der Waals surface area contributed by atoms with Crippen molar-refractivity contribution in [3.8, 4) is 22.8 Å². The topological polar surface area (TPSA) is 264 Å². The molecule has 3 rings (SSSR count). The van der Waals surface area contributed by atoms with E-state index in [0.29, 0.717) is 0 Å². The Hall–Kier alpha value is -4.78. The van der Waals surface area contributed by atoms with Gasteiger partial charge in [0, 0.05) is 0 Å². The molecular formula is C8H4N8O12. The molecule has 0 atom stereocenters. The first kappa shape index (κ1) is 18.0. The molecule has 0 saturated heterocycles. The lowest BCUT2D eigenvalue weighted by Crippen LogP contribution is -2.31. The average molecular weight is 404 g/mol. The molecule has 20 nitrogen and oxygen atoms in total. The molecular weight excluding hydrogens is 400 g/mol. The van der Waals surface area contributed by atoms with Crippen LogP contribution in [-0.2, 0) is 22.9 Å². The van der Waals surface area contributed by atoms with Gasteiger partial charge < -0.3 is 25.3 Å². The van der Waals surface area contributed by atoms with Gasteiger partial charge in [0.05, 0.1) is 15.5 Å². The minimum Gasteiger partial charge on any atom is -0.359 e. The maximum Gasteiger partial charge on any atom is 0.310 e. The molecule has 0 radical (unpaired) electrons. The van der Waals surface area contributed by atoms with E-state index < -0.39 is 57.6 Å². The van der Waals surface area contributed by atoms with E-state index in [1.165, 1.54) is 0 Å². The number of nitrogens with zero attached hydrogens (tertiary/aromatic N) is 8. The van der Waals surface area contributed by atoms with Gasteiger partial charge in [0.2, 0.25) is 11.4 Å². The Labute approximate surface area is 148 Å². The van der Waals surface area contributed by atoms with Crippen LogP contribution in [0, 0.1) is 35.9 Å². The molecule has 0 aliphatic rings. The van der Waals surface area contributed by atoms with Crippen LogP contribution in [-0.4, -0.2) is 25.6 Å². The molecule has 3 aromatic rings. The summed E-state index contributed by atoms with van der Waals surface area (Å²) >= 11 is 0. The Morgan fingerprint density at radius 2 is 1.18 bits per heavy atom. The zero-order chi connectivity index (χ0) is 20.4. The molecule has 0 amide bonds. The second-order valence-corrected chi connectivity index (χ2v) is 4.57. The highest BCUT2D eigenvalue weighted by atomic mass is 17.0. The first-order valence-corrected chi connectivity index (χ1v) is 6.61. The standard InChI is InChI=1S/C8H4N8O12/c17-12-3(1-24-15(20)21)5(9-26-12)7-8(14(19)28-11-7)6-4(2-25-16(22)23)13(18)27-10-6/h1-2H2. The fraction of sp³-hybridized carbons (Fsp3) is 0.250. The summed E-state index contributed by atoms with van der Waals surface area (Å²) < 4.78 is 12.9. The summed E-state index contributed by atoms with van der Waals surface area (Å²) in [5.41, 5.74) is -3.61. The smallest absolute Gasteiger partial charge is 0.310 e. The van der Waals surface area contributed by atoms with Crippen LogP contribution in [0.25, 0.3) is 22.8 Å². The summed E-state index contributed by atoms with van der Waals surface area (Å²) in [7, 11) is 0. The van der Waals surface area contributed by atoms with Crippen molar-refractivity contribution in [3.05, 3.63) is 47.2 Å². The van der Waals surface area contributed by atoms with Crippen LogP contribution >= 0.6 is 0 Å². The highest BCUT2D eigenvalue weighted by Crippen LogP contribution is 2.28. The zero-order valence-electron chi connectivity index (χ0n) is 12.9. The highest BCUT2D eigenvalue weighted by molar-refractivity contribution is 5.72. The summed E-state index contributed by atoms with van der Waals surface area (Å²) in [5.74, 6) is 0. The van der Waals surface area contributed by atoms with Crippen molar-refractivity contribution in [3.63, 3.8) is 0 Å². The molecule has 0 fully saturated rings. The second-order valence-electron chi connectivity index (χ2n) is 4.57. The maximum atomic E-state index is 11.9. The molecule has 0 aliphatic carbocycles. The second kappa shape index (κ2) is 6.85. The van der Waals surface area contributed by atoms with E-state index in [1.807, 2.05) is 0 Å². The van der Waals surface area contributed by atoms with E-state index >= 15 is 0 Å². The van der Waals surface area contributed by atoms with Gasteiger partial charge in [-0.15, -0.1) is 20.2 Å². The SMILES string of the molecule is O=[N+]([O-])OCc1c(-c2no[n+]([O-])c2-c2no[n+]([O-])c2CO[N+](=O)[O-])no[n+]1[O-]. The van der Waals surface area contributed by atoms with Crippen molar-refractivity contribution in [1.82, 2.24) is 15.5 Å². The third-order valence-corrected chi connectivity index (χ3v) is 3.08. The Bertz CT molecular complexity index is 1040. The number of rotatable bonds is 8. The quantitative estimate of drug-likeness (QED) is 0.210. The normalized spacial score (nSPS) is 10.7. The van der Waals surface area contributed by atoms with E-state index in [4.69, 9.17) is 0 Å². The lowest BCUT2D eigenvalue weighted by molar-refractivity contribution is -0.821. The number of hydrogen-bond acceptors (Lipinski definition) is 15. The van der Waals surface area contributed by atoms with Gasteiger partial charge in [-0.1, -0.05) is 0 Å². The fourth-order valence-electron chi connectivity index (χ4n) is 1.96. The molecule has 0 aliphatic heterocycles. The van der Waals surface area contributed by atoms with E-state index in [0.717, 1.165) is 0 Å². The molecule has 3 heterocycles. The van der Waals surface area contributed by atoms with Crippen LogP contribution in [0.1, 0.15) is 11.4 Å². The first-order valence-electron chi connectivity index (χ1n) is 6.61. The van der Waals surface area contributed by atoms with Crippen LogP contribution in [0.5, 0.6) is 0 Å². The predicted molar refractivity (Wildman–Crippen MR) is 67.9 cm³/mol. The summed E-state index contributed by atoms with van der Waals surface area (Å²) in [5, 5.41) is 63.2. The van der Waals surface area contributed by atoms with Crippen LogP contribution in [0.15, 0.2) is 13.9 Å². The molecule has 0 saturated carbocycles. The summed E-state index contributed by atoms with van der Waals surface area (Å²) in [6.45, 7) is -1.92. The van der Waals surface area contributed by atoms with Crippen molar-refractivity contribution in [2.24, 2.45) is 0 Å². The van der Waals surface area contributed by atoms with Gasteiger partial charge in [0.1, 0.15) is 0 Å². The fourth-order valence-corrected chi connectivity index (χ4v) is 1.96. The molecule has 3 aromatic heterocycles. The maximum absolute atomic E-state index is 11.9. The molecule has 0 spiro atoms. The van der Waals surface area contributed by atoms with Gasteiger partial charge in [0.15, 0.2) is 13.2 Å². The Kier molecular flexibility index (Phi) is 4.41. The lowest BCUT2D eigenvalue weighted by atomic mass is 10.1. The van der Waals surface area contributed by atoms with E-state index in [-0.39, 0.29) is 14.7 Å². The van der Waals surface area contributed by atoms with Gasteiger partial charge in [-0.2, -0.15) is 0 Å². The van der Waals surface area contributed by atoms with E-state index in [9.17, 15) is 35.9 Å². The van der Waals surface area contributed by atoms with Crippen molar-refractivity contribution in [2.75, 3.05) is 0 Å². The molecule has 0 bridgehead atoms. The van der Waals surface area contributed by atoms with E-state index in [2.05, 4.69) is 39.0 Å². The summed E-state index contributed by atoms with van der Waals surface area (Å²) in [6, 6.07) is 0. The van der Waals surface area contributed by atoms with Gasteiger partial charge in [-0.05, 0) is 14.7 Å². The Morgan fingerprint density at radius 3 is 1.71 bits per heavy atom. The summed E-state index contributed by atoms with van der Waals surface area (Å²) in [4.78, 5) is 27.9. The lowest BCUT2D eigenvalue weighted by Gasteiger charge is -1.97.